The van der Waals surface area contributed by atoms with Crippen LogP contribution in [0.4, 0.5) is 0 Å². The van der Waals surface area contributed by atoms with E-state index in [-0.39, 0.29) is 6.23 Å². The molecule has 0 bridgehead atoms. The second kappa shape index (κ2) is 2.89. The SMILES string of the molecule is CC1CN(C(C)O)CC1C. The van der Waals surface area contributed by atoms with Crippen molar-refractivity contribution >= 4 is 0 Å². The maximum absolute atomic E-state index is 9.21. The summed E-state index contributed by atoms with van der Waals surface area (Å²) in [6.07, 6.45) is -0.257. The van der Waals surface area contributed by atoms with Crippen molar-refractivity contribution in [3.05, 3.63) is 0 Å². The van der Waals surface area contributed by atoms with Crippen LogP contribution in [0, 0.1) is 11.8 Å². The Morgan fingerprint density at radius 3 is 1.90 bits per heavy atom. The van der Waals surface area contributed by atoms with Crippen molar-refractivity contribution in [1.82, 2.24) is 4.90 Å². The van der Waals surface area contributed by atoms with Crippen LogP contribution in [-0.2, 0) is 0 Å². The number of rotatable bonds is 1. The molecular weight excluding hydrogens is 126 g/mol. The highest BCUT2D eigenvalue weighted by molar-refractivity contribution is 4.78. The Morgan fingerprint density at radius 2 is 1.70 bits per heavy atom. The first-order chi connectivity index (χ1) is 4.61. The molecule has 3 unspecified atom stereocenters. The highest BCUT2D eigenvalue weighted by Crippen LogP contribution is 2.22. The predicted molar refractivity (Wildman–Crippen MR) is 41.6 cm³/mol. The monoisotopic (exact) mass is 143 g/mol. The minimum atomic E-state index is -0.257. The molecule has 0 saturated carbocycles. The standard InChI is InChI=1S/C8H17NO/c1-6-4-9(8(3)10)5-7(6)2/h6-8,10H,4-5H2,1-3H3. The average molecular weight is 143 g/mol. The lowest BCUT2D eigenvalue weighted by atomic mass is 10.0. The zero-order valence-electron chi connectivity index (χ0n) is 7.04. The summed E-state index contributed by atoms with van der Waals surface area (Å²) in [5.74, 6) is 1.49. The van der Waals surface area contributed by atoms with Crippen LogP contribution < -0.4 is 0 Å². The fourth-order valence-electron chi connectivity index (χ4n) is 1.48. The van der Waals surface area contributed by atoms with Gasteiger partial charge in [0, 0.05) is 13.1 Å². The quantitative estimate of drug-likeness (QED) is 0.590. The molecule has 1 heterocycles. The zero-order chi connectivity index (χ0) is 7.72. The molecule has 0 aromatic carbocycles. The van der Waals surface area contributed by atoms with E-state index in [0.717, 1.165) is 24.9 Å². The van der Waals surface area contributed by atoms with E-state index in [1.54, 1.807) is 0 Å². The van der Waals surface area contributed by atoms with Gasteiger partial charge in [-0.15, -0.1) is 0 Å². The zero-order valence-corrected chi connectivity index (χ0v) is 7.04. The molecule has 60 valence electrons. The highest BCUT2D eigenvalue weighted by atomic mass is 16.3. The third-order valence-corrected chi connectivity index (χ3v) is 2.54. The van der Waals surface area contributed by atoms with Crippen molar-refractivity contribution in [2.45, 2.75) is 27.0 Å². The molecule has 1 aliphatic rings. The van der Waals surface area contributed by atoms with Crippen molar-refractivity contribution in [3.8, 4) is 0 Å². The van der Waals surface area contributed by atoms with Crippen molar-refractivity contribution in [1.29, 1.82) is 0 Å². The molecule has 1 aliphatic heterocycles. The average Bonchev–Trinajstić information content (AvgIpc) is 2.13. The smallest absolute Gasteiger partial charge is 0.104 e. The topological polar surface area (TPSA) is 23.5 Å². The van der Waals surface area contributed by atoms with Crippen LogP contribution in [0.3, 0.4) is 0 Å². The van der Waals surface area contributed by atoms with Gasteiger partial charge in [-0.1, -0.05) is 13.8 Å². The summed E-state index contributed by atoms with van der Waals surface area (Å²) < 4.78 is 0. The van der Waals surface area contributed by atoms with Gasteiger partial charge in [0.25, 0.3) is 0 Å². The first-order valence-corrected chi connectivity index (χ1v) is 4.03. The summed E-state index contributed by atoms with van der Waals surface area (Å²) in [5.41, 5.74) is 0. The molecule has 1 fully saturated rings. The Morgan fingerprint density at radius 1 is 1.30 bits per heavy atom. The van der Waals surface area contributed by atoms with Crippen LogP contribution in [-0.4, -0.2) is 29.3 Å². The molecule has 1 N–H and O–H groups in total. The van der Waals surface area contributed by atoms with Gasteiger partial charge in [-0.25, -0.2) is 0 Å². The molecule has 0 amide bonds. The van der Waals surface area contributed by atoms with Gasteiger partial charge in [0.2, 0.25) is 0 Å². The van der Waals surface area contributed by atoms with Gasteiger partial charge in [-0.2, -0.15) is 0 Å². The summed E-state index contributed by atoms with van der Waals surface area (Å²) >= 11 is 0. The number of hydrogen-bond donors (Lipinski definition) is 1. The summed E-state index contributed by atoms with van der Waals surface area (Å²) in [6.45, 7) is 8.43. The number of nitrogens with zero attached hydrogens (tertiary/aromatic N) is 1. The molecule has 0 aromatic heterocycles. The number of aliphatic hydroxyl groups excluding tert-OH is 1. The second-order valence-electron chi connectivity index (χ2n) is 3.54. The van der Waals surface area contributed by atoms with E-state index in [9.17, 15) is 5.11 Å². The highest BCUT2D eigenvalue weighted by Gasteiger charge is 2.27. The van der Waals surface area contributed by atoms with E-state index in [1.807, 2.05) is 6.92 Å². The minimum absolute atomic E-state index is 0.257. The van der Waals surface area contributed by atoms with Crippen LogP contribution in [0.5, 0.6) is 0 Å². The lowest BCUT2D eigenvalue weighted by Crippen LogP contribution is -2.30. The van der Waals surface area contributed by atoms with E-state index in [2.05, 4.69) is 18.7 Å². The van der Waals surface area contributed by atoms with Gasteiger partial charge in [-0.3, -0.25) is 4.90 Å². The van der Waals surface area contributed by atoms with Crippen molar-refractivity contribution in [2.24, 2.45) is 11.8 Å². The summed E-state index contributed by atoms with van der Waals surface area (Å²) in [6, 6.07) is 0. The first kappa shape index (κ1) is 8.02. The molecular formula is C8H17NO. The normalized spacial score (nSPS) is 38.4. The molecule has 1 rings (SSSR count). The Hall–Kier alpha value is -0.0800. The van der Waals surface area contributed by atoms with E-state index in [0.29, 0.717) is 0 Å². The van der Waals surface area contributed by atoms with Gasteiger partial charge in [0.05, 0.1) is 0 Å². The third kappa shape index (κ3) is 1.50. The van der Waals surface area contributed by atoms with E-state index >= 15 is 0 Å². The lowest BCUT2D eigenvalue weighted by Gasteiger charge is -2.18. The lowest BCUT2D eigenvalue weighted by molar-refractivity contribution is 0.0329. The molecule has 2 heteroatoms. The fourth-order valence-corrected chi connectivity index (χ4v) is 1.48. The molecule has 1 saturated heterocycles. The number of aliphatic hydroxyl groups is 1. The van der Waals surface area contributed by atoms with Crippen LogP contribution in [0.15, 0.2) is 0 Å². The molecule has 3 atom stereocenters. The van der Waals surface area contributed by atoms with Crippen molar-refractivity contribution in [3.63, 3.8) is 0 Å². The summed E-state index contributed by atoms with van der Waals surface area (Å²) in [7, 11) is 0. The Balaban J connectivity index is 2.41. The Kier molecular flexibility index (Phi) is 2.32. The first-order valence-electron chi connectivity index (χ1n) is 4.03. The van der Waals surface area contributed by atoms with Gasteiger partial charge < -0.3 is 5.11 Å². The summed E-state index contributed by atoms with van der Waals surface area (Å²) in [5, 5.41) is 9.21. The third-order valence-electron chi connectivity index (χ3n) is 2.54. The molecule has 0 radical (unpaired) electrons. The van der Waals surface area contributed by atoms with Crippen LogP contribution in [0.2, 0.25) is 0 Å². The van der Waals surface area contributed by atoms with Crippen LogP contribution in [0.25, 0.3) is 0 Å². The van der Waals surface area contributed by atoms with Crippen molar-refractivity contribution in [2.75, 3.05) is 13.1 Å². The molecule has 2 nitrogen and oxygen atoms in total. The van der Waals surface area contributed by atoms with E-state index < -0.39 is 0 Å². The van der Waals surface area contributed by atoms with Gasteiger partial charge in [0.15, 0.2) is 0 Å². The molecule has 0 aromatic rings. The molecule has 0 spiro atoms. The maximum atomic E-state index is 9.21. The fraction of sp³-hybridized carbons (Fsp3) is 1.00. The van der Waals surface area contributed by atoms with Crippen LogP contribution in [0.1, 0.15) is 20.8 Å². The Bertz CT molecular complexity index is 104. The van der Waals surface area contributed by atoms with Gasteiger partial charge in [0.1, 0.15) is 6.23 Å². The minimum Gasteiger partial charge on any atom is -0.379 e. The van der Waals surface area contributed by atoms with E-state index in [4.69, 9.17) is 0 Å². The Labute approximate surface area is 62.8 Å². The number of hydrogen-bond acceptors (Lipinski definition) is 2. The molecule has 0 aliphatic carbocycles. The maximum Gasteiger partial charge on any atom is 0.104 e. The van der Waals surface area contributed by atoms with Crippen LogP contribution >= 0.6 is 0 Å². The summed E-state index contributed by atoms with van der Waals surface area (Å²) in [4.78, 5) is 2.12. The van der Waals surface area contributed by atoms with Gasteiger partial charge in [-0.05, 0) is 18.8 Å². The largest absolute Gasteiger partial charge is 0.379 e. The predicted octanol–water partition coefficient (Wildman–Crippen LogP) is 0.913. The molecule has 10 heavy (non-hydrogen) atoms. The van der Waals surface area contributed by atoms with Crippen molar-refractivity contribution < 1.29 is 5.11 Å². The number of likely N-dealkylation sites (tertiary alicyclic amines) is 1. The van der Waals surface area contributed by atoms with Gasteiger partial charge >= 0.3 is 0 Å². The van der Waals surface area contributed by atoms with E-state index in [1.165, 1.54) is 0 Å². The second-order valence-corrected chi connectivity index (χ2v) is 3.54.